The van der Waals surface area contributed by atoms with E-state index in [0.717, 1.165) is 62.7 Å². The second kappa shape index (κ2) is 9.58. The van der Waals surface area contributed by atoms with Gasteiger partial charge in [-0.3, -0.25) is 14.2 Å². The first-order valence-corrected chi connectivity index (χ1v) is 12.7. The van der Waals surface area contributed by atoms with Crippen LogP contribution in [0, 0.1) is 20.8 Å². The number of para-hydroxylation sites is 1. The van der Waals surface area contributed by atoms with E-state index in [1.807, 2.05) is 57.3 Å². The number of rotatable bonds is 8. The van der Waals surface area contributed by atoms with Crippen molar-refractivity contribution in [2.45, 2.75) is 44.8 Å². The fraction of sp³-hybridized carbons (Fsp3) is 0.308. The number of aromatic amines is 1. The molecule has 1 aliphatic carbocycles. The minimum Gasteiger partial charge on any atom is -0.360 e. The Balaban J connectivity index is 1.21. The lowest BCUT2D eigenvalue weighted by Gasteiger charge is -2.13. The highest BCUT2D eigenvalue weighted by atomic mass is 32.2. The highest BCUT2D eigenvalue weighted by Gasteiger charge is 2.31. The fourth-order valence-corrected chi connectivity index (χ4v) is 5.23. The van der Waals surface area contributed by atoms with Gasteiger partial charge in [-0.2, -0.15) is 0 Å². The van der Waals surface area contributed by atoms with Crippen LogP contribution in [0.25, 0.3) is 22.3 Å². The third-order valence-electron chi connectivity index (χ3n) is 6.13. The molecule has 3 N–H and O–H groups in total. The van der Waals surface area contributed by atoms with Crippen LogP contribution in [0.5, 0.6) is 0 Å². The number of carbonyl (C=O) groups excluding carboxylic acids is 2. The summed E-state index contributed by atoms with van der Waals surface area (Å²) >= 11 is 1.34. The van der Waals surface area contributed by atoms with Gasteiger partial charge in [0.25, 0.3) is 0 Å². The zero-order valence-corrected chi connectivity index (χ0v) is 20.8. The molecule has 2 heterocycles. The van der Waals surface area contributed by atoms with Crippen molar-refractivity contribution in [3.05, 3.63) is 59.3 Å². The molecule has 0 atom stereocenters. The topological polar surface area (TPSA) is 105 Å². The van der Waals surface area contributed by atoms with E-state index >= 15 is 0 Å². The zero-order valence-electron chi connectivity index (χ0n) is 20.0. The lowest BCUT2D eigenvalue weighted by atomic mass is 10.1. The molecule has 5 rings (SSSR count). The van der Waals surface area contributed by atoms with Gasteiger partial charge in [0.05, 0.1) is 12.3 Å². The Bertz CT molecular complexity index is 1400. The van der Waals surface area contributed by atoms with Crippen LogP contribution in [-0.2, 0) is 9.59 Å². The number of aryl methyl sites for hydroxylation is 3. The number of benzene rings is 2. The van der Waals surface area contributed by atoms with Gasteiger partial charge in [0.2, 0.25) is 11.8 Å². The summed E-state index contributed by atoms with van der Waals surface area (Å²) in [6.07, 6.45) is 4.11. The molecule has 0 unspecified atom stereocenters. The molecule has 180 valence electrons. The van der Waals surface area contributed by atoms with Crippen molar-refractivity contribution < 1.29 is 9.59 Å². The Kier molecular flexibility index (Phi) is 6.34. The van der Waals surface area contributed by atoms with Crippen LogP contribution in [0.2, 0.25) is 0 Å². The lowest BCUT2D eigenvalue weighted by molar-refractivity contribution is -0.122. The molecule has 1 fully saturated rings. The lowest BCUT2D eigenvalue weighted by Crippen LogP contribution is -2.34. The van der Waals surface area contributed by atoms with Gasteiger partial charge in [0, 0.05) is 34.4 Å². The van der Waals surface area contributed by atoms with Gasteiger partial charge >= 0.3 is 0 Å². The van der Waals surface area contributed by atoms with E-state index in [0.29, 0.717) is 6.04 Å². The number of carbonyl (C=O) groups is 2. The Hall–Kier alpha value is -3.59. The number of amides is 2. The quantitative estimate of drug-likeness (QED) is 0.316. The molecule has 9 heteroatoms. The first-order chi connectivity index (χ1) is 16.9. The number of hydrogen-bond donors (Lipinski definition) is 3. The molecule has 0 aliphatic heterocycles. The zero-order chi connectivity index (χ0) is 24.5. The maximum absolute atomic E-state index is 12.5. The largest absolute Gasteiger partial charge is 0.360 e. The molecule has 4 aromatic rings. The van der Waals surface area contributed by atoms with Crippen molar-refractivity contribution in [1.82, 2.24) is 25.1 Å². The Morgan fingerprint density at radius 3 is 2.57 bits per heavy atom. The minimum absolute atomic E-state index is 0.0813. The Labute approximate surface area is 207 Å². The maximum atomic E-state index is 12.5. The smallest absolute Gasteiger partial charge is 0.243 e. The van der Waals surface area contributed by atoms with Crippen molar-refractivity contribution in [2.75, 3.05) is 17.6 Å². The van der Waals surface area contributed by atoms with E-state index in [9.17, 15) is 9.59 Å². The standard InChI is InChI=1S/C26H28N6O2S/c1-15-10-16(2)24(17(3)11-15)29-22(33)13-28-23(34)14-35-26-31-30-25(32(26)18-8-9-18)20-12-27-21-7-5-4-6-19(20)21/h4-7,10-12,18,27H,8-9,13-14H2,1-3H3,(H,28,34)(H,29,33). The molecule has 1 saturated carbocycles. The van der Waals surface area contributed by atoms with E-state index in [4.69, 9.17) is 0 Å². The third kappa shape index (κ3) is 4.95. The summed E-state index contributed by atoms with van der Waals surface area (Å²) in [4.78, 5) is 28.2. The Morgan fingerprint density at radius 1 is 1.09 bits per heavy atom. The summed E-state index contributed by atoms with van der Waals surface area (Å²) in [6.45, 7) is 5.87. The molecule has 35 heavy (non-hydrogen) atoms. The predicted octanol–water partition coefficient (Wildman–Crippen LogP) is 4.53. The number of hydrogen-bond acceptors (Lipinski definition) is 5. The predicted molar refractivity (Wildman–Crippen MR) is 139 cm³/mol. The van der Waals surface area contributed by atoms with Crippen LogP contribution >= 0.6 is 11.8 Å². The normalized spacial score (nSPS) is 13.2. The average Bonchev–Trinajstić information content (AvgIpc) is 3.44. The summed E-state index contributed by atoms with van der Waals surface area (Å²) in [7, 11) is 0. The number of nitrogens with one attached hydrogen (secondary N) is 3. The van der Waals surface area contributed by atoms with Crippen molar-refractivity contribution >= 4 is 40.2 Å². The van der Waals surface area contributed by atoms with E-state index in [1.54, 1.807) is 0 Å². The number of thioether (sulfide) groups is 1. The van der Waals surface area contributed by atoms with Gasteiger partial charge < -0.3 is 15.6 Å². The number of fused-ring (bicyclic) bond motifs is 1. The summed E-state index contributed by atoms with van der Waals surface area (Å²) in [5, 5.41) is 16.3. The molecule has 0 spiro atoms. The second-order valence-electron chi connectivity index (χ2n) is 9.04. The molecule has 2 amide bonds. The molecule has 1 aliphatic rings. The van der Waals surface area contributed by atoms with Gasteiger partial charge in [-0.1, -0.05) is 47.7 Å². The average molecular weight is 489 g/mol. The Morgan fingerprint density at radius 2 is 1.83 bits per heavy atom. The van der Waals surface area contributed by atoms with Crippen LogP contribution in [0.4, 0.5) is 5.69 Å². The van der Waals surface area contributed by atoms with Crippen LogP contribution in [0.15, 0.2) is 47.8 Å². The number of aromatic nitrogens is 4. The SMILES string of the molecule is Cc1cc(C)c(NC(=O)CNC(=O)CSc2nnc(-c3c[nH]c4ccccc34)n2C2CC2)c(C)c1. The van der Waals surface area contributed by atoms with Crippen molar-refractivity contribution in [1.29, 1.82) is 0 Å². The molecule has 8 nitrogen and oxygen atoms in total. The van der Waals surface area contributed by atoms with E-state index < -0.39 is 0 Å². The highest BCUT2D eigenvalue weighted by molar-refractivity contribution is 7.99. The highest BCUT2D eigenvalue weighted by Crippen LogP contribution is 2.42. The number of nitrogens with zero attached hydrogens (tertiary/aromatic N) is 3. The fourth-order valence-electron chi connectivity index (χ4n) is 4.40. The van der Waals surface area contributed by atoms with Gasteiger partial charge in [-0.25, -0.2) is 0 Å². The summed E-state index contributed by atoms with van der Waals surface area (Å²) in [5.41, 5.74) is 6.01. The second-order valence-corrected chi connectivity index (χ2v) is 9.99. The maximum Gasteiger partial charge on any atom is 0.243 e. The third-order valence-corrected chi connectivity index (χ3v) is 7.07. The molecule has 2 aromatic carbocycles. The molecular weight excluding hydrogens is 460 g/mol. The first-order valence-electron chi connectivity index (χ1n) is 11.7. The summed E-state index contributed by atoms with van der Waals surface area (Å²) in [5.74, 6) is 0.507. The molecular formula is C26H28N6O2S. The summed E-state index contributed by atoms with van der Waals surface area (Å²) in [6, 6.07) is 12.5. The molecule has 0 saturated heterocycles. The van der Waals surface area contributed by atoms with Crippen molar-refractivity contribution in [2.24, 2.45) is 0 Å². The van der Waals surface area contributed by atoms with Gasteiger partial charge in [-0.15, -0.1) is 10.2 Å². The van der Waals surface area contributed by atoms with Crippen molar-refractivity contribution in [3.63, 3.8) is 0 Å². The molecule has 2 aromatic heterocycles. The minimum atomic E-state index is -0.249. The van der Waals surface area contributed by atoms with E-state index in [2.05, 4.69) is 36.4 Å². The van der Waals surface area contributed by atoms with Gasteiger partial charge in [0.1, 0.15) is 0 Å². The number of H-pyrrole nitrogens is 1. The van der Waals surface area contributed by atoms with Crippen LogP contribution in [-0.4, -0.2) is 43.9 Å². The van der Waals surface area contributed by atoms with Crippen LogP contribution in [0.1, 0.15) is 35.6 Å². The van der Waals surface area contributed by atoms with Crippen LogP contribution in [0.3, 0.4) is 0 Å². The van der Waals surface area contributed by atoms with Crippen LogP contribution < -0.4 is 10.6 Å². The monoisotopic (exact) mass is 488 g/mol. The van der Waals surface area contributed by atoms with E-state index in [1.165, 1.54) is 11.8 Å². The van der Waals surface area contributed by atoms with E-state index in [-0.39, 0.29) is 24.1 Å². The molecule has 0 bridgehead atoms. The van der Waals surface area contributed by atoms with Crippen molar-refractivity contribution in [3.8, 4) is 11.4 Å². The molecule has 0 radical (unpaired) electrons. The summed E-state index contributed by atoms with van der Waals surface area (Å²) < 4.78 is 2.14. The first kappa shape index (κ1) is 23.2. The van der Waals surface area contributed by atoms with Gasteiger partial charge in [0.15, 0.2) is 11.0 Å². The van der Waals surface area contributed by atoms with Gasteiger partial charge in [-0.05, 0) is 50.8 Å². The number of anilines is 1.